The molecule has 0 fully saturated rings. The molecule has 3 rings (SSSR count). The maximum atomic E-state index is 13.1. The molecule has 0 aliphatic rings. The van der Waals surface area contributed by atoms with Gasteiger partial charge in [0.15, 0.2) is 11.7 Å². The van der Waals surface area contributed by atoms with E-state index in [2.05, 4.69) is 23.7 Å². The summed E-state index contributed by atoms with van der Waals surface area (Å²) in [6.45, 7) is 7.11. The second-order valence-corrected chi connectivity index (χ2v) is 8.62. The van der Waals surface area contributed by atoms with Gasteiger partial charge in [-0.3, -0.25) is 9.69 Å². The molecule has 0 unspecified atom stereocenters. The van der Waals surface area contributed by atoms with Crippen LogP contribution in [0.5, 0.6) is 11.5 Å². The number of hydrogen-bond acceptors (Lipinski definition) is 6. The molecule has 0 saturated heterocycles. The van der Waals surface area contributed by atoms with Gasteiger partial charge in [-0.25, -0.2) is 4.98 Å². The molecular formula is C22H25Cl2N3O3S. The Hall–Kier alpha value is -2.06. The van der Waals surface area contributed by atoms with Crippen LogP contribution in [0.4, 0.5) is 5.13 Å². The van der Waals surface area contributed by atoms with Crippen molar-refractivity contribution in [2.45, 2.75) is 13.8 Å². The van der Waals surface area contributed by atoms with Crippen molar-refractivity contribution in [2.24, 2.45) is 0 Å². The highest BCUT2D eigenvalue weighted by Crippen LogP contribution is 2.32. The predicted octanol–water partition coefficient (Wildman–Crippen LogP) is 5.37. The fraction of sp³-hybridized carbons (Fsp3) is 0.364. The van der Waals surface area contributed by atoms with Crippen LogP contribution in [-0.2, 0) is 4.79 Å². The summed E-state index contributed by atoms with van der Waals surface area (Å²) in [7, 11) is 1.63. The van der Waals surface area contributed by atoms with Gasteiger partial charge in [-0.15, -0.1) is 0 Å². The number of methoxy groups -OCH3 is 1. The Bertz CT molecular complexity index is 1040. The topological polar surface area (TPSA) is 54.9 Å². The van der Waals surface area contributed by atoms with E-state index in [1.165, 1.54) is 11.3 Å². The molecule has 6 nitrogen and oxygen atoms in total. The Morgan fingerprint density at radius 1 is 1.10 bits per heavy atom. The zero-order chi connectivity index (χ0) is 22.4. The van der Waals surface area contributed by atoms with Gasteiger partial charge in [0.1, 0.15) is 11.5 Å². The minimum absolute atomic E-state index is 0.154. The average Bonchev–Trinajstić information content (AvgIpc) is 3.18. The van der Waals surface area contributed by atoms with E-state index >= 15 is 0 Å². The summed E-state index contributed by atoms with van der Waals surface area (Å²) < 4.78 is 11.9. The first kappa shape index (κ1) is 23.6. The highest BCUT2D eigenvalue weighted by molar-refractivity contribution is 7.22. The SMILES string of the molecule is CCN(CC)CCN(C(=O)COc1ccc(Cl)cc1Cl)c1nc2ccc(OC)cc2s1. The van der Waals surface area contributed by atoms with Crippen LogP contribution in [0.1, 0.15) is 13.8 Å². The Morgan fingerprint density at radius 2 is 1.87 bits per heavy atom. The average molecular weight is 482 g/mol. The Kier molecular flexibility index (Phi) is 8.37. The summed E-state index contributed by atoms with van der Waals surface area (Å²) in [5.41, 5.74) is 0.822. The molecule has 166 valence electrons. The molecule has 0 spiro atoms. The number of thiazole rings is 1. The number of anilines is 1. The first-order valence-corrected chi connectivity index (χ1v) is 11.6. The van der Waals surface area contributed by atoms with E-state index in [0.29, 0.717) is 27.5 Å². The summed E-state index contributed by atoms with van der Waals surface area (Å²) in [5.74, 6) is 0.978. The van der Waals surface area contributed by atoms with Crippen LogP contribution in [0.25, 0.3) is 10.2 Å². The van der Waals surface area contributed by atoms with Gasteiger partial charge in [0.05, 0.1) is 22.3 Å². The lowest BCUT2D eigenvalue weighted by molar-refractivity contribution is -0.120. The number of carbonyl (C=O) groups is 1. The molecule has 0 aliphatic carbocycles. The van der Waals surface area contributed by atoms with E-state index in [-0.39, 0.29) is 12.5 Å². The number of benzene rings is 2. The molecule has 2 aromatic carbocycles. The van der Waals surface area contributed by atoms with E-state index in [1.807, 2.05) is 18.2 Å². The van der Waals surface area contributed by atoms with E-state index < -0.39 is 0 Å². The van der Waals surface area contributed by atoms with Crippen molar-refractivity contribution in [3.63, 3.8) is 0 Å². The molecule has 0 saturated carbocycles. The molecule has 0 radical (unpaired) electrons. The Labute approximate surface area is 196 Å². The fourth-order valence-corrected chi connectivity index (χ4v) is 4.55. The van der Waals surface area contributed by atoms with Gasteiger partial charge in [-0.2, -0.15) is 0 Å². The lowest BCUT2D eigenvalue weighted by atomic mass is 10.3. The van der Waals surface area contributed by atoms with Crippen molar-refractivity contribution in [3.8, 4) is 11.5 Å². The number of aromatic nitrogens is 1. The molecule has 1 amide bonds. The Morgan fingerprint density at radius 3 is 2.55 bits per heavy atom. The number of hydrogen-bond donors (Lipinski definition) is 0. The number of fused-ring (bicyclic) bond motifs is 1. The van der Waals surface area contributed by atoms with Crippen molar-refractivity contribution in [1.29, 1.82) is 0 Å². The molecule has 3 aromatic rings. The predicted molar refractivity (Wildman–Crippen MR) is 128 cm³/mol. The summed E-state index contributed by atoms with van der Waals surface area (Å²) in [5, 5.41) is 1.50. The molecular weight excluding hydrogens is 457 g/mol. The van der Waals surface area contributed by atoms with Crippen molar-refractivity contribution in [1.82, 2.24) is 9.88 Å². The van der Waals surface area contributed by atoms with Crippen LogP contribution >= 0.6 is 34.5 Å². The largest absolute Gasteiger partial charge is 0.497 e. The molecule has 0 aliphatic heterocycles. The van der Waals surface area contributed by atoms with Gasteiger partial charge in [0.25, 0.3) is 5.91 Å². The highest BCUT2D eigenvalue weighted by Gasteiger charge is 2.21. The number of rotatable bonds is 10. The van der Waals surface area contributed by atoms with Crippen LogP contribution in [0.15, 0.2) is 36.4 Å². The number of nitrogens with zero attached hydrogens (tertiary/aromatic N) is 3. The normalized spacial score (nSPS) is 11.2. The summed E-state index contributed by atoms with van der Waals surface area (Å²) >= 11 is 13.6. The minimum atomic E-state index is -0.191. The van der Waals surface area contributed by atoms with Crippen molar-refractivity contribution in [3.05, 3.63) is 46.4 Å². The zero-order valence-corrected chi connectivity index (χ0v) is 20.1. The van der Waals surface area contributed by atoms with Crippen molar-refractivity contribution < 1.29 is 14.3 Å². The van der Waals surface area contributed by atoms with Crippen LogP contribution in [0.3, 0.4) is 0 Å². The van der Waals surface area contributed by atoms with E-state index in [9.17, 15) is 4.79 Å². The number of amides is 1. The van der Waals surface area contributed by atoms with Crippen LogP contribution in [-0.4, -0.2) is 55.7 Å². The van der Waals surface area contributed by atoms with Gasteiger partial charge < -0.3 is 14.4 Å². The lowest BCUT2D eigenvalue weighted by Crippen LogP contribution is -2.41. The number of carbonyl (C=O) groups excluding carboxylic acids is 1. The maximum Gasteiger partial charge on any atom is 0.266 e. The maximum absolute atomic E-state index is 13.1. The quantitative estimate of drug-likeness (QED) is 0.389. The summed E-state index contributed by atoms with van der Waals surface area (Å²) in [6.07, 6.45) is 0. The Balaban J connectivity index is 1.82. The minimum Gasteiger partial charge on any atom is -0.497 e. The molecule has 0 N–H and O–H groups in total. The first-order chi connectivity index (χ1) is 14.9. The van der Waals surface area contributed by atoms with Gasteiger partial charge in [-0.1, -0.05) is 48.4 Å². The second kappa shape index (κ2) is 11.0. The van der Waals surface area contributed by atoms with Crippen molar-refractivity contribution in [2.75, 3.05) is 44.8 Å². The second-order valence-electron chi connectivity index (χ2n) is 6.77. The zero-order valence-electron chi connectivity index (χ0n) is 17.7. The molecule has 0 atom stereocenters. The molecule has 0 bridgehead atoms. The van der Waals surface area contributed by atoms with Gasteiger partial charge in [0.2, 0.25) is 0 Å². The molecule has 31 heavy (non-hydrogen) atoms. The van der Waals surface area contributed by atoms with E-state index in [1.54, 1.807) is 30.2 Å². The van der Waals surface area contributed by atoms with Crippen molar-refractivity contribution >= 4 is 55.8 Å². The molecule has 1 aromatic heterocycles. The van der Waals surface area contributed by atoms with Crippen LogP contribution in [0, 0.1) is 0 Å². The fourth-order valence-electron chi connectivity index (χ4n) is 3.05. The summed E-state index contributed by atoms with van der Waals surface area (Å²) in [4.78, 5) is 21.8. The first-order valence-electron chi connectivity index (χ1n) is 10.00. The smallest absolute Gasteiger partial charge is 0.266 e. The third-order valence-corrected chi connectivity index (χ3v) is 6.47. The van der Waals surface area contributed by atoms with Crippen LogP contribution < -0.4 is 14.4 Å². The third kappa shape index (κ3) is 6.01. The van der Waals surface area contributed by atoms with Gasteiger partial charge in [-0.05, 0) is 49.5 Å². The van der Waals surface area contributed by atoms with E-state index in [0.717, 1.165) is 35.6 Å². The monoisotopic (exact) mass is 481 g/mol. The molecule has 9 heteroatoms. The number of ether oxygens (including phenoxy) is 2. The number of likely N-dealkylation sites (N-methyl/N-ethyl adjacent to an activating group) is 1. The highest BCUT2D eigenvalue weighted by atomic mass is 35.5. The van der Waals surface area contributed by atoms with E-state index in [4.69, 9.17) is 32.7 Å². The third-order valence-electron chi connectivity index (χ3n) is 4.90. The lowest BCUT2D eigenvalue weighted by Gasteiger charge is -2.24. The van der Waals surface area contributed by atoms with Crippen LogP contribution in [0.2, 0.25) is 10.0 Å². The van der Waals surface area contributed by atoms with Gasteiger partial charge in [0, 0.05) is 18.1 Å². The number of halogens is 2. The standard InChI is InChI=1S/C22H25Cl2N3O3S/c1-4-26(5-2)10-11-27(21(28)14-30-19-9-6-15(23)12-17(19)24)22-25-18-8-7-16(29-3)13-20(18)31-22/h6-9,12-13H,4-5,10-11,14H2,1-3H3. The molecule has 1 heterocycles. The van der Waals surface area contributed by atoms with Gasteiger partial charge >= 0.3 is 0 Å². The summed E-state index contributed by atoms with van der Waals surface area (Å²) in [6, 6.07) is 10.6.